The lowest BCUT2D eigenvalue weighted by molar-refractivity contribution is 0.0925. The average molecular weight is 289 g/mol. The highest BCUT2D eigenvalue weighted by molar-refractivity contribution is 5.94. The first-order valence-corrected chi connectivity index (χ1v) is 6.79. The van der Waals surface area contributed by atoms with Gasteiger partial charge < -0.3 is 5.32 Å². The Bertz CT molecular complexity index is 623. The largest absolute Gasteiger partial charge is 0.345 e. The predicted octanol–water partition coefficient (Wildman–Crippen LogP) is 4.09. The number of amides is 1. The summed E-state index contributed by atoms with van der Waals surface area (Å²) in [7, 11) is 0. The van der Waals surface area contributed by atoms with Gasteiger partial charge in [0.05, 0.1) is 6.04 Å². The molecule has 110 valence electrons. The minimum atomic E-state index is -0.453. The van der Waals surface area contributed by atoms with Gasteiger partial charge in [0.2, 0.25) is 0 Å². The third-order valence-electron chi connectivity index (χ3n) is 3.27. The first kappa shape index (κ1) is 15.2. The normalized spacial score (nSPS) is 12.2. The molecular formula is C17H17F2NO. The van der Waals surface area contributed by atoms with Crippen molar-refractivity contribution in [1.29, 1.82) is 0 Å². The van der Waals surface area contributed by atoms with Crippen LogP contribution in [0.15, 0.2) is 48.5 Å². The van der Waals surface area contributed by atoms with Crippen LogP contribution in [0.3, 0.4) is 0 Å². The van der Waals surface area contributed by atoms with E-state index in [0.29, 0.717) is 0 Å². The highest BCUT2D eigenvalue weighted by Gasteiger charge is 2.19. The van der Waals surface area contributed by atoms with Crippen molar-refractivity contribution in [3.05, 3.63) is 71.3 Å². The van der Waals surface area contributed by atoms with Gasteiger partial charge in [-0.2, -0.15) is 0 Å². The number of halogens is 2. The van der Waals surface area contributed by atoms with Crippen LogP contribution in [-0.2, 0) is 0 Å². The number of carbonyl (C=O) groups is 1. The zero-order valence-electron chi connectivity index (χ0n) is 11.9. The van der Waals surface area contributed by atoms with Crippen LogP contribution in [0.2, 0.25) is 0 Å². The summed E-state index contributed by atoms with van der Waals surface area (Å²) in [5, 5.41) is 2.87. The standard InChI is InChI=1S/C17H17F2NO/c1-11(2)16(12-6-8-14(18)9-7-12)20-17(21)13-4-3-5-15(19)10-13/h3-11,16H,1-2H3,(H,20,21)/t16-/m1/s1. The molecule has 0 radical (unpaired) electrons. The monoisotopic (exact) mass is 289 g/mol. The first-order chi connectivity index (χ1) is 9.97. The van der Waals surface area contributed by atoms with E-state index in [2.05, 4.69) is 5.32 Å². The van der Waals surface area contributed by atoms with Crippen LogP contribution in [0, 0.1) is 17.6 Å². The molecular weight excluding hydrogens is 272 g/mol. The molecule has 0 saturated heterocycles. The van der Waals surface area contributed by atoms with Crippen molar-refractivity contribution in [2.75, 3.05) is 0 Å². The van der Waals surface area contributed by atoms with E-state index in [4.69, 9.17) is 0 Å². The van der Waals surface area contributed by atoms with Gasteiger partial charge in [-0.3, -0.25) is 4.79 Å². The van der Waals surface area contributed by atoms with Gasteiger partial charge in [0.1, 0.15) is 11.6 Å². The van der Waals surface area contributed by atoms with Gasteiger partial charge in [0.25, 0.3) is 5.91 Å². The smallest absolute Gasteiger partial charge is 0.251 e. The number of nitrogens with one attached hydrogen (secondary N) is 1. The Kier molecular flexibility index (Phi) is 4.68. The molecule has 0 aliphatic rings. The summed E-state index contributed by atoms with van der Waals surface area (Å²) in [4.78, 5) is 12.2. The molecule has 0 fully saturated rings. The van der Waals surface area contributed by atoms with Gasteiger partial charge in [-0.15, -0.1) is 0 Å². The molecule has 0 heterocycles. The summed E-state index contributed by atoms with van der Waals surface area (Å²) in [6.45, 7) is 3.92. The lowest BCUT2D eigenvalue weighted by Gasteiger charge is -2.23. The van der Waals surface area contributed by atoms with Gasteiger partial charge in [-0.1, -0.05) is 32.0 Å². The Balaban J connectivity index is 2.20. The lowest BCUT2D eigenvalue weighted by Crippen LogP contribution is -2.31. The van der Waals surface area contributed by atoms with E-state index in [-0.39, 0.29) is 29.2 Å². The second-order valence-electron chi connectivity index (χ2n) is 5.26. The molecule has 4 heteroatoms. The van der Waals surface area contributed by atoms with E-state index in [0.717, 1.165) is 5.56 Å². The molecule has 1 atom stereocenters. The fourth-order valence-electron chi connectivity index (χ4n) is 2.16. The molecule has 1 amide bonds. The Hall–Kier alpha value is -2.23. The molecule has 21 heavy (non-hydrogen) atoms. The van der Waals surface area contributed by atoms with E-state index in [9.17, 15) is 13.6 Å². The molecule has 2 aromatic carbocycles. The fraction of sp³-hybridized carbons (Fsp3) is 0.235. The fourth-order valence-corrected chi connectivity index (χ4v) is 2.16. The van der Waals surface area contributed by atoms with Gasteiger partial charge in [0, 0.05) is 5.56 Å². The molecule has 0 unspecified atom stereocenters. The molecule has 0 aliphatic heterocycles. The van der Waals surface area contributed by atoms with Crippen LogP contribution in [0.5, 0.6) is 0 Å². The third kappa shape index (κ3) is 3.88. The molecule has 1 N–H and O–H groups in total. The average Bonchev–Trinajstić information content (AvgIpc) is 2.45. The summed E-state index contributed by atoms with van der Waals surface area (Å²) in [6.07, 6.45) is 0. The van der Waals surface area contributed by atoms with Crippen LogP contribution in [-0.4, -0.2) is 5.91 Å². The summed E-state index contributed by atoms with van der Waals surface area (Å²) in [5.41, 5.74) is 1.08. The van der Waals surface area contributed by atoms with Crippen molar-refractivity contribution in [2.24, 2.45) is 5.92 Å². The topological polar surface area (TPSA) is 29.1 Å². The highest BCUT2D eigenvalue weighted by atomic mass is 19.1. The van der Waals surface area contributed by atoms with Crippen LogP contribution < -0.4 is 5.32 Å². The first-order valence-electron chi connectivity index (χ1n) is 6.79. The summed E-state index contributed by atoms with van der Waals surface area (Å²) >= 11 is 0. The van der Waals surface area contributed by atoms with Crippen molar-refractivity contribution in [3.8, 4) is 0 Å². The van der Waals surface area contributed by atoms with Gasteiger partial charge in [-0.25, -0.2) is 8.78 Å². The Morgan fingerprint density at radius 1 is 1.00 bits per heavy atom. The molecule has 2 rings (SSSR count). The van der Waals surface area contributed by atoms with Crippen LogP contribution in [0.4, 0.5) is 8.78 Å². The maximum Gasteiger partial charge on any atom is 0.251 e. The van der Waals surface area contributed by atoms with Crippen molar-refractivity contribution in [2.45, 2.75) is 19.9 Å². The van der Waals surface area contributed by atoms with Crippen LogP contribution in [0.25, 0.3) is 0 Å². The number of benzene rings is 2. The van der Waals surface area contributed by atoms with Gasteiger partial charge in [0.15, 0.2) is 0 Å². The number of carbonyl (C=O) groups excluding carboxylic acids is 1. The van der Waals surface area contributed by atoms with E-state index < -0.39 is 5.82 Å². The van der Waals surface area contributed by atoms with Gasteiger partial charge >= 0.3 is 0 Å². The summed E-state index contributed by atoms with van der Waals surface area (Å²) in [5.74, 6) is -1.01. The minimum absolute atomic E-state index is 0.118. The van der Waals surface area contributed by atoms with Crippen molar-refractivity contribution in [1.82, 2.24) is 5.32 Å². The van der Waals surface area contributed by atoms with E-state index >= 15 is 0 Å². The Morgan fingerprint density at radius 3 is 2.24 bits per heavy atom. The number of hydrogen-bond donors (Lipinski definition) is 1. The molecule has 0 aromatic heterocycles. The second kappa shape index (κ2) is 6.48. The van der Waals surface area contributed by atoms with Gasteiger partial charge in [-0.05, 0) is 41.8 Å². The number of rotatable bonds is 4. The quantitative estimate of drug-likeness (QED) is 0.902. The molecule has 0 aliphatic carbocycles. The van der Waals surface area contributed by atoms with Crippen LogP contribution >= 0.6 is 0 Å². The molecule has 0 bridgehead atoms. The van der Waals surface area contributed by atoms with E-state index in [1.165, 1.54) is 30.3 Å². The predicted molar refractivity (Wildman–Crippen MR) is 77.8 cm³/mol. The molecule has 0 spiro atoms. The molecule has 0 saturated carbocycles. The maximum atomic E-state index is 13.2. The zero-order valence-corrected chi connectivity index (χ0v) is 11.9. The second-order valence-corrected chi connectivity index (χ2v) is 5.26. The zero-order chi connectivity index (χ0) is 15.4. The Labute approximate surface area is 122 Å². The highest BCUT2D eigenvalue weighted by Crippen LogP contribution is 2.22. The molecule has 2 nitrogen and oxygen atoms in total. The van der Waals surface area contributed by atoms with Crippen LogP contribution in [0.1, 0.15) is 35.8 Å². The van der Waals surface area contributed by atoms with Crippen molar-refractivity contribution in [3.63, 3.8) is 0 Å². The van der Waals surface area contributed by atoms with E-state index in [1.54, 1.807) is 18.2 Å². The SMILES string of the molecule is CC(C)[C@@H](NC(=O)c1cccc(F)c1)c1ccc(F)cc1. The minimum Gasteiger partial charge on any atom is -0.345 e. The maximum absolute atomic E-state index is 13.2. The van der Waals surface area contributed by atoms with Crippen molar-refractivity contribution < 1.29 is 13.6 Å². The van der Waals surface area contributed by atoms with Crippen molar-refractivity contribution >= 4 is 5.91 Å². The molecule has 2 aromatic rings. The summed E-state index contributed by atoms with van der Waals surface area (Å²) < 4.78 is 26.2. The van der Waals surface area contributed by atoms with E-state index in [1.807, 2.05) is 13.8 Å². The third-order valence-corrected chi connectivity index (χ3v) is 3.27. The number of hydrogen-bond acceptors (Lipinski definition) is 1. The summed E-state index contributed by atoms with van der Waals surface area (Å²) in [6, 6.07) is 11.3. The Morgan fingerprint density at radius 2 is 1.67 bits per heavy atom. The lowest BCUT2D eigenvalue weighted by atomic mass is 9.95.